The van der Waals surface area contributed by atoms with Crippen molar-refractivity contribution in [1.29, 1.82) is 0 Å². The maximum atomic E-state index is 2.35. The molecule has 0 heterocycles. The van der Waals surface area contributed by atoms with Gasteiger partial charge >= 0.3 is 0 Å². The van der Waals surface area contributed by atoms with E-state index in [9.17, 15) is 0 Å². The van der Waals surface area contributed by atoms with Crippen molar-refractivity contribution in [2.45, 2.75) is 24.7 Å². The van der Waals surface area contributed by atoms with E-state index >= 15 is 0 Å². The van der Waals surface area contributed by atoms with E-state index in [0.29, 0.717) is 0 Å². The molecule has 4 aliphatic rings. The third-order valence-corrected chi connectivity index (χ3v) is 5.36. The highest BCUT2D eigenvalue weighted by Crippen LogP contribution is 2.48. The standard InChI is InChI=1S/C11H10.C11H8/c2*1-2-4-11-9-6-5-8(7-9)10(11)3-1/h1-6,8-9H,7H2;1-6H,7H2. The highest BCUT2D eigenvalue weighted by Gasteiger charge is 2.31. The molecule has 0 saturated heterocycles. The molecule has 0 radical (unpaired) electrons. The van der Waals surface area contributed by atoms with Gasteiger partial charge in [-0.3, -0.25) is 0 Å². The maximum absolute atomic E-state index is 2.35. The smallest absolute Gasteiger partial charge is 0.00299 e. The second-order valence-electron chi connectivity index (χ2n) is 6.57. The van der Waals surface area contributed by atoms with Crippen LogP contribution < -0.4 is 0 Å². The van der Waals surface area contributed by atoms with Crippen LogP contribution in [-0.2, 0) is 0 Å². The molecule has 0 fully saturated rings. The van der Waals surface area contributed by atoms with Gasteiger partial charge in [0.05, 0.1) is 0 Å². The SMILES string of the molecule is C1=C2CC(=C1)c1ccccc12.C1=CC2CC1c1ccccc12. The Bertz CT molecular complexity index is 780. The summed E-state index contributed by atoms with van der Waals surface area (Å²) in [5.41, 5.74) is 9.03. The Kier molecular flexibility index (Phi) is 2.54. The van der Waals surface area contributed by atoms with Crippen molar-refractivity contribution in [3.63, 3.8) is 0 Å². The Morgan fingerprint density at radius 1 is 0.636 bits per heavy atom. The van der Waals surface area contributed by atoms with E-state index in [1.165, 1.54) is 35.1 Å². The highest BCUT2D eigenvalue weighted by molar-refractivity contribution is 5.97. The molecule has 0 N–H and O–H groups in total. The Hall–Kier alpha value is -2.34. The lowest BCUT2D eigenvalue weighted by atomic mass is 9.97. The largest absolute Gasteiger partial charge is 0.0804 e. The lowest BCUT2D eigenvalue weighted by Gasteiger charge is -2.08. The lowest BCUT2D eigenvalue weighted by Crippen LogP contribution is -1.90. The van der Waals surface area contributed by atoms with Crippen LogP contribution in [0.1, 0.15) is 46.9 Å². The number of rotatable bonds is 0. The average Bonchev–Trinajstić information content (AvgIpc) is 3.36. The summed E-state index contributed by atoms with van der Waals surface area (Å²) in [4.78, 5) is 0. The van der Waals surface area contributed by atoms with E-state index in [4.69, 9.17) is 0 Å². The zero-order valence-electron chi connectivity index (χ0n) is 12.5. The molecular weight excluding hydrogens is 264 g/mol. The number of hydrogen-bond acceptors (Lipinski definition) is 0. The molecule has 0 aliphatic heterocycles. The Morgan fingerprint density at radius 3 is 1.68 bits per heavy atom. The summed E-state index contributed by atoms with van der Waals surface area (Å²) in [6.07, 6.45) is 11.7. The van der Waals surface area contributed by atoms with Crippen LogP contribution in [0.3, 0.4) is 0 Å². The van der Waals surface area contributed by atoms with Crippen molar-refractivity contribution in [3.8, 4) is 0 Å². The molecule has 4 aliphatic carbocycles. The van der Waals surface area contributed by atoms with Crippen LogP contribution in [0.2, 0.25) is 0 Å². The van der Waals surface area contributed by atoms with Crippen LogP contribution >= 0.6 is 0 Å². The molecule has 0 spiro atoms. The van der Waals surface area contributed by atoms with Gasteiger partial charge in [-0.15, -0.1) is 0 Å². The summed E-state index contributed by atoms with van der Waals surface area (Å²) in [5, 5.41) is 0. The van der Waals surface area contributed by atoms with E-state index in [1.54, 1.807) is 11.1 Å². The molecule has 4 bridgehead atoms. The van der Waals surface area contributed by atoms with Gasteiger partial charge in [0.15, 0.2) is 0 Å². The van der Waals surface area contributed by atoms with Gasteiger partial charge in [0.1, 0.15) is 0 Å². The first-order chi connectivity index (χ1) is 10.9. The van der Waals surface area contributed by atoms with Gasteiger partial charge in [0.25, 0.3) is 0 Å². The van der Waals surface area contributed by atoms with E-state index < -0.39 is 0 Å². The fourth-order valence-electron chi connectivity index (χ4n) is 4.28. The van der Waals surface area contributed by atoms with Crippen molar-refractivity contribution < 1.29 is 0 Å². The summed E-state index contributed by atoms with van der Waals surface area (Å²) in [7, 11) is 0. The van der Waals surface area contributed by atoms with Crippen molar-refractivity contribution >= 4 is 11.1 Å². The fourth-order valence-corrected chi connectivity index (χ4v) is 4.28. The molecule has 22 heavy (non-hydrogen) atoms. The number of hydrogen-bond donors (Lipinski definition) is 0. The van der Waals surface area contributed by atoms with Crippen LogP contribution in [0.15, 0.2) is 72.8 Å². The first-order valence-electron chi connectivity index (χ1n) is 8.17. The second kappa shape index (κ2) is 4.58. The van der Waals surface area contributed by atoms with E-state index in [0.717, 1.165) is 11.8 Å². The summed E-state index contributed by atoms with van der Waals surface area (Å²) in [6, 6.07) is 17.5. The van der Waals surface area contributed by atoms with Gasteiger partial charge in [0.2, 0.25) is 0 Å². The molecular formula is C22H18. The number of allylic oxidation sites excluding steroid dienone is 6. The number of benzene rings is 2. The van der Waals surface area contributed by atoms with Gasteiger partial charge in [-0.2, -0.15) is 0 Å². The minimum Gasteiger partial charge on any atom is -0.0804 e. The van der Waals surface area contributed by atoms with Gasteiger partial charge in [-0.05, 0) is 46.2 Å². The summed E-state index contributed by atoms with van der Waals surface area (Å²) >= 11 is 0. The second-order valence-corrected chi connectivity index (χ2v) is 6.57. The summed E-state index contributed by atoms with van der Waals surface area (Å²) in [5.74, 6) is 1.49. The third kappa shape index (κ3) is 1.70. The minimum absolute atomic E-state index is 0.746. The fraction of sp³-hybridized carbons (Fsp3) is 0.182. The lowest BCUT2D eigenvalue weighted by molar-refractivity contribution is 0.804. The molecule has 106 valence electrons. The Balaban J connectivity index is 0.000000102. The average molecular weight is 282 g/mol. The first-order valence-corrected chi connectivity index (χ1v) is 8.17. The maximum Gasteiger partial charge on any atom is 0.00299 e. The van der Waals surface area contributed by atoms with E-state index in [1.807, 2.05) is 0 Å². The number of fused-ring (bicyclic) bond motifs is 10. The van der Waals surface area contributed by atoms with Crippen molar-refractivity contribution in [3.05, 3.63) is 95.1 Å². The molecule has 6 rings (SSSR count). The van der Waals surface area contributed by atoms with Gasteiger partial charge in [-0.25, -0.2) is 0 Å². The zero-order chi connectivity index (χ0) is 14.5. The Morgan fingerprint density at radius 2 is 1.14 bits per heavy atom. The highest BCUT2D eigenvalue weighted by atomic mass is 14.3. The molecule has 2 atom stereocenters. The monoisotopic (exact) mass is 282 g/mol. The van der Waals surface area contributed by atoms with Crippen molar-refractivity contribution in [1.82, 2.24) is 0 Å². The first kappa shape index (κ1) is 12.2. The zero-order valence-corrected chi connectivity index (χ0v) is 12.5. The van der Waals surface area contributed by atoms with Gasteiger partial charge < -0.3 is 0 Å². The van der Waals surface area contributed by atoms with Crippen LogP contribution in [0.4, 0.5) is 0 Å². The molecule has 2 aromatic rings. The van der Waals surface area contributed by atoms with Gasteiger partial charge in [-0.1, -0.05) is 72.8 Å². The minimum atomic E-state index is 0.746. The van der Waals surface area contributed by atoms with E-state index in [-0.39, 0.29) is 0 Å². The van der Waals surface area contributed by atoms with Crippen LogP contribution in [0, 0.1) is 0 Å². The van der Waals surface area contributed by atoms with Crippen LogP contribution in [0.25, 0.3) is 11.1 Å². The molecule has 0 amide bonds. The molecule has 0 heteroatoms. The van der Waals surface area contributed by atoms with E-state index in [2.05, 4.69) is 72.8 Å². The quantitative estimate of drug-likeness (QED) is 0.544. The van der Waals surface area contributed by atoms with Crippen LogP contribution in [-0.4, -0.2) is 0 Å². The predicted molar refractivity (Wildman–Crippen MR) is 92.7 cm³/mol. The van der Waals surface area contributed by atoms with Crippen LogP contribution in [0.5, 0.6) is 0 Å². The summed E-state index contributed by atoms with van der Waals surface area (Å²) in [6.45, 7) is 0. The Labute approximate surface area is 131 Å². The van der Waals surface area contributed by atoms with Gasteiger partial charge in [0, 0.05) is 11.8 Å². The molecule has 0 nitrogen and oxygen atoms in total. The molecule has 2 aromatic carbocycles. The molecule has 0 saturated carbocycles. The third-order valence-electron chi connectivity index (χ3n) is 5.36. The molecule has 0 aromatic heterocycles. The topological polar surface area (TPSA) is 0 Å². The predicted octanol–water partition coefficient (Wildman–Crippen LogP) is 5.70. The normalized spacial score (nSPS) is 24.4. The summed E-state index contributed by atoms with van der Waals surface area (Å²) < 4.78 is 0. The molecule has 2 unspecified atom stereocenters. The van der Waals surface area contributed by atoms with Crippen molar-refractivity contribution in [2.75, 3.05) is 0 Å². The van der Waals surface area contributed by atoms with Crippen molar-refractivity contribution in [2.24, 2.45) is 0 Å².